The van der Waals surface area contributed by atoms with Crippen molar-refractivity contribution in [3.8, 4) is 0 Å². The molecular formula is C18H19NO5S. The zero-order valence-corrected chi connectivity index (χ0v) is 14.7. The first-order valence-electron chi connectivity index (χ1n) is 8.00. The number of carbonyl (C=O) groups excluding carboxylic acids is 2. The van der Waals surface area contributed by atoms with E-state index in [1.807, 2.05) is 6.92 Å². The fourth-order valence-electron chi connectivity index (χ4n) is 2.92. The first kappa shape index (κ1) is 17.4. The molecule has 2 heterocycles. The topological polar surface area (TPSA) is 84.7 Å². The Hall–Kier alpha value is -2.41. The van der Waals surface area contributed by atoms with E-state index in [1.54, 1.807) is 36.4 Å². The van der Waals surface area contributed by atoms with Crippen molar-refractivity contribution in [1.29, 1.82) is 0 Å². The zero-order valence-electron chi connectivity index (χ0n) is 13.8. The molecule has 0 saturated carbocycles. The molecule has 1 aliphatic heterocycles. The molecule has 7 heteroatoms. The van der Waals surface area contributed by atoms with Crippen LogP contribution in [-0.4, -0.2) is 42.6 Å². The van der Waals surface area contributed by atoms with Crippen LogP contribution >= 0.6 is 0 Å². The molecule has 0 radical (unpaired) electrons. The van der Waals surface area contributed by atoms with Crippen LogP contribution in [-0.2, 0) is 21.2 Å². The van der Waals surface area contributed by atoms with Gasteiger partial charge in [-0.2, -0.15) is 0 Å². The SMILES string of the molecule is Cc1ccc(C(=O)C(=O)N(Cc2ccco2)[C@@H]2CCS(=O)(=O)C2)cc1. The maximum atomic E-state index is 12.8. The number of hydrogen-bond donors (Lipinski definition) is 0. The second-order valence-electron chi connectivity index (χ2n) is 6.26. The molecule has 0 N–H and O–H groups in total. The Bertz CT molecular complexity index is 869. The van der Waals surface area contributed by atoms with Gasteiger partial charge < -0.3 is 9.32 Å². The largest absolute Gasteiger partial charge is 0.467 e. The van der Waals surface area contributed by atoms with Crippen LogP contribution in [0.15, 0.2) is 47.1 Å². The predicted octanol–water partition coefficient (Wildman–Crippen LogP) is 1.99. The van der Waals surface area contributed by atoms with E-state index in [-0.39, 0.29) is 18.1 Å². The van der Waals surface area contributed by atoms with Gasteiger partial charge in [0, 0.05) is 11.6 Å². The summed E-state index contributed by atoms with van der Waals surface area (Å²) in [4.78, 5) is 26.7. The lowest BCUT2D eigenvalue weighted by Crippen LogP contribution is -2.44. The van der Waals surface area contributed by atoms with E-state index in [2.05, 4.69) is 0 Å². The minimum atomic E-state index is -3.18. The highest BCUT2D eigenvalue weighted by atomic mass is 32.2. The van der Waals surface area contributed by atoms with Crippen molar-refractivity contribution in [1.82, 2.24) is 4.90 Å². The van der Waals surface area contributed by atoms with E-state index in [4.69, 9.17) is 4.42 Å². The van der Waals surface area contributed by atoms with Gasteiger partial charge >= 0.3 is 0 Å². The van der Waals surface area contributed by atoms with Crippen LogP contribution in [0.2, 0.25) is 0 Å². The molecule has 25 heavy (non-hydrogen) atoms. The molecule has 0 spiro atoms. The molecule has 0 bridgehead atoms. The number of sulfone groups is 1. The summed E-state index contributed by atoms with van der Waals surface area (Å²) in [5.74, 6) is -0.938. The van der Waals surface area contributed by atoms with E-state index >= 15 is 0 Å². The lowest BCUT2D eigenvalue weighted by atomic mass is 10.1. The summed E-state index contributed by atoms with van der Waals surface area (Å²) in [6, 6.07) is 9.59. The number of ketones is 1. The summed E-state index contributed by atoms with van der Waals surface area (Å²) in [7, 11) is -3.18. The summed E-state index contributed by atoms with van der Waals surface area (Å²) < 4.78 is 28.9. The van der Waals surface area contributed by atoms with Gasteiger partial charge in [0.25, 0.3) is 5.91 Å². The molecule has 3 rings (SSSR count). The number of aryl methyl sites for hydroxylation is 1. The lowest BCUT2D eigenvalue weighted by molar-refractivity contribution is -0.129. The molecule has 1 atom stereocenters. The Morgan fingerprint density at radius 1 is 1.20 bits per heavy atom. The predicted molar refractivity (Wildman–Crippen MR) is 91.8 cm³/mol. The van der Waals surface area contributed by atoms with E-state index in [0.717, 1.165) is 5.56 Å². The number of benzene rings is 1. The van der Waals surface area contributed by atoms with Crippen LogP contribution in [0.3, 0.4) is 0 Å². The van der Waals surface area contributed by atoms with E-state index < -0.39 is 27.6 Å². The Balaban J connectivity index is 1.86. The highest BCUT2D eigenvalue weighted by molar-refractivity contribution is 7.91. The van der Waals surface area contributed by atoms with Gasteiger partial charge in [-0.05, 0) is 25.5 Å². The molecule has 0 aliphatic carbocycles. The molecule has 1 aromatic heterocycles. The molecule has 1 aliphatic rings. The number of nitrogens with zero attached hydrogens (tertiary/aromatic N) is 1. The smallest absolute Gasteiger partial charge is 0.295 e. The number of carbonyl (C=O) groups is 2. The van der Waals surface area contributed by atoms with Crippen molar-refractivity contribution in [2.45, 2.75) is 25.9 Å². The third kappa shape index (κ3) is 3.99. The van der Waals surface area contributed by atoms with Gasteiger partial charge in [0.1, 0.15) is 5.76 Å². The van der Waals surface area contributed by atoms with Crippen LogP contribution in [0, 0.1) is 6.92 Å². The van der Waals surface area contributed by atoms with Crippen molar-refractivity contribution < 1.29 is 22.4 Å². The summed E-state index contributed by atoms with van der Waals surface area (Å²) in [5.41, 5.74) is 1.28. The first-order chi connectivity index (χ1) is 11.9. The van der Waals surface area contributed by atoms with E-state index in [0.29, 0.717) is 17.7 Å². The molecule has 2 aromatic rings. The molecule has 0 unspecified atom stereocenters. The van der Waals surface area contributed by atoms with Gasteiger partial charge in [-0.3, -0.25) is 9.59 Å². The van der Waals surface area contributed by atoms with Crippen molar-refractivity contribution in [2.24, 2.45) is 0 Å². The van der Waals surface area contributed by atoms with Crippen molar-refractivity contribution in [3.05, 3.63) is 59.5 Å². The van der Waals surface area contributed by atoms with Crippen LogP contribution in [0.1, 0.15) is 28.1 Å². The molecule has 1 fully saturated rings. The molecule has 6 nitrogen and oxygen atoms in total. The van der Waals surface area contributed by atoms with Gasteiger partial charge in [0.05, 0.1) is 24.3 Å². The average Bonchev–Trinajstić information content (AvgIpc) is 3.21. The van der Waals surface area contributed by atoms with Gasteiger partial charge in [0.2, 0.25) is 5.78 Å². The number of rotatable bonds is 5. The summed E-state index contributed by atoms with van der Waals surface area (Å²) in [6.07, 6.45) is 1.81. The Morgan fingerprint density at radius 2 is 1.92 bits per heavy atom. The Kier molecular flexibility index (Phi) is 4.76. The van der Waals surface area contributed by atoms with Gasteiger partial charge in [-0.1, -0.05) is 29.8 Å². The molecule has 1 aromatic carbocycles. The fraction of sp³-hybridized carbons (Fsp3) is 0.333. The van der Waals surface area contributed by atoms with Crippen LogP contribution in [0.25, 0.3) is 0 Å². The Labute approximate surface area is 146 Å². The van der Waals surface area contributed by atoms with Crippen molar-refractivity contribution in [2.75, 3.05) is 11.5 Å². The number of hydrogen-bond acceptors (Lipinski definition) is 5. The summed E-state index contributed by atoms with van der Waals surface area (Å²) >= 11 is 0. The number of Topliss-reactive ketones (excluding diaryl/α,β-unsaturated/α-hetero) is 1. The molecular weight excluding hydrogens is 342 g/mol. The number of furan rings is 1. The fourth-order valence-corrected chi connectivity index (χ4v) is 4.65. The zero-order chi connectivity index (χ0) is 18.0. The van der Waals surface area contributed by atoms with Gasteiger partial charge in [-0.15, -0.1) is 0 Å². The maximum Gasteiger partial charge on any atom is 0.295 e. The first-order valence-corrected chi connectivity index (χ1v) is 9.82. The molecule has 132 valence electrons. The second kappa shape index (κ2) is 6.84. The van der Waals surface area contributed by atoms with Gasteiger partial charge in [0.15, 0.2) is 9.84 Å². The van der Waals surface area contributed by atoms with E-state index in [9.17, 15) is 18.0 Å². The normalized spacial score (nSPS) is 18.8. The third-order valence-corrected chi connectivity index (χ3v) is 6.07. The van der Waals surface area contributed by atoms with Crippen LogP contribution in [0.4, 0.5) is 0 Å². The average molecular weight is 361 g/mol. The maximum absolute atomic E-state index is 12.8. The summed E-state index contributed by atoms with van der Waals surface area (Å²) in [5, 5.41) is 0. The highest BCUT2D eigenvalue weighted by Gasteiger charge is 2.37. The minimum absolute atomic E-state index is 0.0261. The van der Waals surface area contributed by atoms with E-state index in [1.165, 1.54) is 11.2 Å². The highest BCUT2D eigenvalue weighted by Crippen LogP contribution is 2.21. The Morgan fingerprint density at radius 3 is 2.48 bits per heavy atom. The quantitative estimate of drug-likeness (QED) is 0.601. The standard InChI is InChI=1S/C18H19NO5S/c1-13-4-6-14(7-5-13)17(20)18(21)19(11-16-3-2-9-24-16)15-8-10-25(22,23)12-15/h2-7,9,15H,8,10-12H2,1H3/t15-/m1/s1. The minimum Gasteiger partial charge on any atom is -0.467 e. The van der Waals surface area contributed by atoms with Crippen molar-refractivity contribution in [3.63, 3.8) is 0 Å². The van der Waals surface area contributed by atoms with Gasteiger partial charge in [-0.25, -0.2) is 8.42 Å². The number of amides is 1. The third-order valence-electron chi connectivity index (χ3n) is 4.32. The monoisotopic (exact) mass is 361 g/mol. The molecule has 1 saturated heterocycles. The van der Waals surface area contributed by atoms with Crippen LogP contribution in [0.5, 0.6) is 0 Å². The second-order valence-corrected chi connectivity index (χ2v) is 8.49. The lowest BCUT2D eigenvalue weighted by Gasteiger charge is -2.26. The van der Waals surface area contributed by atoms with Crippen molar-refractivity contribution >= 4 is 21.5 Å². The summed E-state index contributed by atoms with van der Waals surface area (Å²) in [6.45, 7) is 1.96. The molecule has 1 amide bonds. The van der Waals surface area contributed by atoms with Crippen LogP contribution < -0.4 is 0 Å².